The van der Waals surface area contributed by atoms with Gasteiger partial charge in [-0.2, -0.15) is 5.10 Å². The number of carbonyl (C=O) groups is 1. The van der Waals surface area contributed by atoms with E-state index in [1.54, 1.807) is 24.3 Å². The highest BCUT2D eigenvalue weighted by molar-refractivity contribution is 5.95. The second kappa shape index (κ2) is 7.84. The molecule has 3 N–H and O–H groups in total. The first-order valence-corrected chi connectivity index (χ1v) is 7.18. The molecular weight excluding hydrogens is 296 g/mol. The summed E-state index contributed by atoms with van der Waals surface area (Å²) in [6.45, 7) is 2.65. The Morgan fingerprint density at radius 1 is 1.22 bits per heavy atom. The van der Waals surface area contributed by atoms with Gasteiger partial charge < -0.3 is 14.9 Å². The van der Waals surface area contributed by atoms with Crippen LogP contribution in [0.4, 0.5) is 0 Å². The standard InChI is InChI=1S/C17H18N2O4/c1-2-9-23-15-7-4-12(5-8-15)17(22)19-18-11-13-3-6-14(20)10-16(13)21/h3-8,10-11,20-21H,2,9H2,1H3,(H,19,22)/b18-11+. The molecule has 2 rings (SSSR count). The molecule has 2 aromatic rings. The Morgan fingerprint density at radius 2 is 1.96 bits per heavy atom. The lowest BCUT2D eigenvalue weighted by atomic mass is 10.2. The van der Waals surface area contributed by atoms with Crippen LogP contribution in [0.1, 0.15) is 29.3 Å². The fourth-order valence-corrected chi connectivity index (χ4v) is 1.79. The van der Waals surface area contributed by atoms with Gasteiger partial charge in [-0.05, 0) is 42.8 Å². The van der Waals surface area contributed by atoms with E-state index >= 15 is 0 Å². The van der Waals surface area contributed by atoms with Gasteiger partial charge in [-0.1, -0.05) is 6.92 Å². The lowest BCUT2D eigenvalue weighted by Gasteiger charge is -2.05. The highest BCUT2D eigenvalue weighted by Crippen LogP contribution is 2.20. The van der Waals surface area contributed by atoms with Gasteiger partial charge >= 0.3 is 0 Å². The number of hydrogen-bond acceptors (Lipinski definition) is 5. The molecule has 0 radical (unpaired) electrons. The molecule has 0 saturated heterocycles. The molecule has 0 aromatic heterocycles. The predicted molar refractivity (Wildman–Crippen MR) is 87.1 cm³/mol. The number of rotatable bonds is 6. The van der Waals surface area contributed by atoms with Gasteiger partial charge in [-0.3, -0.25) is 4.79 Å². The number of benzene rings is 2. The van der Waals surface area contributed by atoms with Crippen molar-refractivity contribution in [2.75, 3.05) is 6.61 Å². The molecule has 0 aliphatic carbocycles. The molecule has 23 heavy (non-hydrogen) atoms. The summed E-state index contributed by atoms with van der Waals surface area (Å²) in [5.74, 6) is 0.164. The van der Waals surface area contributed by atoms with Crippen molar-refractivity contribution in [2.24, 2.45) is 5.10 Å². The SMILES string of the molecule is CCCOc1ccc(C(=O)N/N=C/c2ccc(O)cc2O)cc1. The third kappa shape index (κ3) is 4.74. The largest absolute Gasteiger partial charge is 0.508 e. The lowest BCUT2D eigenvalue weighted by Crippen LogP contribution is -2.17. The Labute approximate surface area is 134 Å². The van der Waals surface area contributed by atoms with E-state index in [1.807, 2.05) is 6.92 Å². The number of ether oxygens (including phenoxy) is 1. The number of carbonyl (C=O) groups excluding carboxylic acids is 1. The third-order valence-electron chi connectivity index (χ3n) is 2.97. The summed E-state index contributed by atoms with van der Waals surface area (Å²) in [6, 6.07) is 10.8. The summed E-state index contributed by atoms with van der Waals surface area (Å²) >= 11 is 0. The van der Waals surface area contributed by atoms with Crippen LogP contribution in [0.3, 0.4) is 0 Å². The molecule has 6 heteroatoms. The maximum absolute atomic E-state index is 11.9. The van der Waals surface area contributed by atoms with E-state index < -0.39 is 0 Å². The zero-order chi connectivity index (χ0) is 16.7. The molecule has 0 aliphatic heterocycles. The van der Waals surface area contributed by atoms with Crippen molar-refractivity contribution in [3.8, 4) is 17.2 Å². The first-order chi connectivity index (χ1) is 11.1. The van der Waals surface area contributed by atoms with E-state index in [1.165, 1.54) is 24.4 Å². The summed E-state index contributed by atoms with van der Waals surface area (Å²) in [6.07, 6.45) is 2.21. The summed E-state index contributed by atoms with van der Waals surface area (Å²) in [7, 11) is 0. The van der Waals surface area contributed by atoms with Crippen molar-refractivity contribution >= 4 is 12.1 Å². The molecule has 6 nitrogen and oxygen atoms in total. The summed E-state index contributed by atoms with van der Waals surface area (Å²) in [5.41, 5.74) is 3.19. The van der Waals surface area contributed by atoms with Crippen molar-refractivity contribution in [1.82, 2.24) is 5.43 Å². The minimum absolute atomic E-state index is 0.0472. The monoisotopic (exact) mass is 314 g/mol. The molecule has 0 aliphatic rings. The van der Waals surface area contributed by atoms with Crippen molar-refractivity contribution in [1.29, 1.82) is 0 Å². The maximum Gasteiger partial charge on any atom is 0.271 e. The van der Waals surface area contributed by atoms with Crippen LogP contribution in [0.15, 0.2) is 47.6 Å². The number of phenols is 2. The Morgan fingerprint density at radius 3 is 2.61 bits per heavy atom. The van der Waals surface area contributed by atoms with E-state index in [2.05, 4.69) is 10.5 Å². The number of hydrogen-bond donors (Lipinski definition) is 3. The zero-order valence-corrected chi connectivity index (χ0v) is 12.7. The van der Waals surface area contributed by atoms with Crippen LogP contribution in [-0.2, 0) is 0 Å². The molecule has 0 unspecified atom stereocenters. The van der Waals surface area contributed by atoms with Gasteiger partial charge in [0, 0.05) is 17.2 Å². The number of amides is 1. The first kappa shape index (κ1) is 16.4. The molecule has 120 valence electrons. The summed E-state index contributed by atoms with van der Waals surface area (Å²) < 4.78 is 5.44. The van der Waals surface area contributed by atoms with Gasteiger partial charge in [0.05, 0.1) is 12.8 Å². The Balaban J connectivity index is 1.95. The van der Waals surface area contributed by atoms with Crippen LogP contribution in [0.2, 0.25) is 0 Å². The second-order valence-electron chi connectivity index (χ2n) is 4.82. The average Bonchev–Trinajstić information content (AvgIpc) is 2.55. The van der Waals surface area contributed by atoms with Gasteiger partial charge in [0.2, 0.25) is 0 Å². The van der Waals surface area contributed by atoms with Crippen molar-refractivity contribution < 1.29 is 19.7 Å². The molecule has 0 saturated carbocycles. The third-order valence-corrected chi connectivity index (χ3v) is 2.97. The fourth-order valence-electron chi connectivity index (χ4n) is 1.79. The molecular formula is C17H18N2O4. The van der Waals surface area contributed by atoms with Crippen LogP contribution in [-0.4, -0.2) is 28.9 Å². The number of nitrogens with one attached hydrogen (secondary N) is 1. The lowest BCUT2D eigenvalue weighted by molar-refractivity contribution is 0.0955. The quantitative estimate of drug-likeness (QED) is 0.564. The molecule has 0 bridgehead atoms. The Kier molecular flexibility index (Phi) is 5.57. The second-order valence-corrected chi connectivity index (χ2v) is 4.82. The van der Waals surface area contributed by atoms with E-state index in [-0.39, 0.29) is 17.4 Å². The Hall–Kier alpha value is -3.02. The van der Waals surface area contributed by atoms with Gasteiger partial charge in [-0.25, -0.2) is 5.43 Å². The van der Waals surface area contributed by atoms with Crippen LogP contribution in [0, 0.1) is 0 Å². The van der Waals surface area contributed by atoms with Gasteiger partial charge in [0.25, 0.3) is 5.91 Å². The van der Waals surface area contributed by atoms with Crippen LogP contribution >= 0.6 is 0 Å². The van der Waals surface area contributed by atoms with Crippen molar-refractivity contribution in [3.05, 3.63) is 53.6 Å². The van der Waals surface area contributed by atoms with E-state index in [0.717, 1.165) is 6.42 Å². The first-order valence-electron chi connectivity index (χ1n) is 7.18. The van der Waals surface area contributed by atoms with Gasteiger partial charge in [-0.15, -0.1) is 0 Å². The molecule has 0 spiro atoms. The summed E-state index contributed by atoms with van der Waals surface area (Å²) in [5, 5.41) is 22.6. The minimum atomic E-state index is -0.374. The number of nitrogens with zero attached hydrogens (tertiary/aromatic N) is 1. The average molecular weight is 314 g/mol. The number of phenolic OH excluding ortho intramolecular Hbond substituents is 2. The normalized spacial score (nSPS) is 10.7. The molecule has 2 aromatic carbocycles. The molecule has 0 fully saturated rings. The van der Waals surface area contributed by atoms with E-state index in [4.69, 9.17) is 4.74 Å². The fraction of sp³-hybridized carbons (Fsp3) is 0.176. The highest BCUT2D eigenvalue weighted by Gasteiger charge is 2.05. The Bertz CT molecular complexity index is 696. The van der Waals surface area contributed by atoms with Crippen LogP contribution in [0.5, 0.6) is 17.2 Å². The van der Waals surface area contributed by atoms with Gasteiger partial charge in [0.15, 0.2) is 0 Å². The highest BCUT2D eigenvalue weighted by atomic mass is 16.5. The number of hydrazone groups is 1. The van der Waals surface area contributed by atoms with E-state index in [0.29, 0.717) is 23.5 Å². The molecule has 1 amide bonds. The van der Waals surface area contributed by atoms with Crippen LogP contribution < -0.4 is 10.2 Å². The number of aromatic hydroxyl groups is 2. The summed E-state index contributed by atoms with van der Waals surface area (Å²) in [4.78, 5) is 11.9. The zero-order valence-electron chi connectivity index (χ0n) is 12.7. The van der Waals surface area contributed by atoms with E-state index in [9.17, 15) is 15.0 Å². The van der Waals surface area contributed by atoms with Crippen molar-refractivity contribution in [3.63, 3.8) is 0 Å². The topological polar surface area (TPSA) is 91.2 Å². The van der Waals surface area contributed by atoms with Crippen molar-refractivity contribution in [2.45, 2.75) is 13.3 Å². The minimum Gasteiger partial charge on any atom is -0.508 e. The van der Waals surface area contributed by atoms with Gasteiger partial charge in [0.1, 0.15) is 17.2 Å². The smallest absolute Gasteiger partial charge is 0.271 e. The van der Waals surface area contributed by atoms with Crippen LogP contribution in [0.25, 0.3) is 0 Å². The maximum atomic E-state index is 11.9. The predicted octanol–water partition coefficient (Wildman–Crippen LogP) is 2.65. The molecule has 0 atom stereocenters. The molecule has 0 heterocycles.